The van der Waals surface area contributed by atoms with E-state index >= 15 is 0 Å². The number of nitrogens with zero attached hydrogens (tertiary/aromatic N) is 3. The first-order chi connectivity index (χ1) is 18.2. The smallest absolute Gasteiger partial charge is 0.335 e. The van der Waals surface area contributed by atoms with E-state index in [0.717, 1.165) is 38.8 Å². The number of carbonyl (C=O) groups excluding carboxylic acids is 1. The highest BCUT2D eigenvalue weighted by Crippen LogP contribution is 2.47. The predicted molar refractivity (Wildman–Crippen MR) is 144 cm³/mol. The summed E-state index contributed by atoms with van der Waals surface area (Å²) in [6.45, 7) is 6.08. The molecule has 1 aliphatic rings. The van der Waals surface area contributed by atoms with Gasteiger partial charge in [0.15, 0.2) is 0 Å². The highest BCUT2D eigenvalue weighted by atomic mass is 35.5. The van der Waals surface area contributed by atoms with Crippen LogP contribution >= 0.6 is 11.6 Å². The monoisotopic (exact) mass is 536 g/mol. The van der Waals surface area contributed by atoms with Gasteiger partial charge in [-0.1, -0.05) is 30.7 Å². The first-order valence-corrected chi connectivity index (χ1v) is 13.0. The van der Waals surface area contributed by atoms with Crippen molar-refractivity contribution in [1.82, 2.24) is 14.1 Å². The molecule has 2 heterocycles. The lowest BCUT2D eigenvalue weighted by molar-refractivity contribution is -0.150. The molecule has 2 aromatic heterocycles. The number of aromatic nitrogens is 3. The fourth-order valence-corrected chi connectivity index (χ4v) is 4.78. The number of fused-ring (bicyclic) bond motifs is 1. The maximum atomic E-state index is 13.7. The van der Waals surface area contributed by atoms with E-state index in [4.69, 9.17) is 20.8 Å². The fraction of sp³-hybridized carbons (Fsp3) is 0.357. The number of hydrogen-bond donors (Lipinski definition) is 1. The summed E-state index contributed by atoms with van der Waals surface area (Å²) < 4.78 is 13.6. The van der Waals surface area contributed by atoms with Gasteiger partial charge in [-0.3, -0.25) is 14.3 Å². The number of carbonyl (C=O) groups is 1. The van der Waals surface area contributed by atoms with Gasteiger partial charge in [0.2, 0.25) is 5.62 Å². The summed E-state index contributed by atoms with van der Waals surface area (Å²) in [7, 11) is 0. The maximum Gasteiger partial charge on any atom is 0.335 e. The summed E-state index contributed by atoms with van der Waals surface area (Å²) in [5.41, 5.74) is 1.19. The van der Waals surface area contributed by atoms with Crippen molar-refractivity contribution in [2.45, 2.75) is 53.1 Å². The van der Waals surface area contributed by atoms with Crippen LogP contribution in [0.4, 0.5) is 5.69 Å². The lowest BCUT2D eigenvalue weighted by Gasteiger charge is -2.16. The van der Waals surface area contributed by atoms with E-state index in [1.165, 1.54) is 4.57 Å². The van der Waals surface area contributed by atoms with E-state index in [2.05, 4.69) is 9.98 Å². The minimum Gasteiger partial charge on any atom is -0.466 e. The third-order valence-electron chi connectivity index (χ3n) is 7.03. The molecule has 9 nitrogen and oxygen atoms in total. The van der Waals surface area contributed by atoms with Crippen molar-refractivity contribution in [3.8, 4) is 0 Å². The molecule has 0 radical (unpaired) electrons. The Morgan fingerprint density at radius 1 is 1.13 bits per heavy atom. The van der Waals surface area contributed by atoms with Crippen molar-refractivity contribution in [1.29, 1.82) is 0 Å². The van der Waals surface area contributed by atoms with Crippen molar-refractivity contribution in [2.75, 3.05) is 6.61 Å². The number of halogens is 1. The Kier molecular flexibility index (Phi) is 6.88. The second-order valence-corrected chi connectivity index (χ2v) is 10.1. The molecule has 10 heteroatoms. The van der Waals surface area contributed by atoms with E-state index in [1.54, 1.807) is 25.1 Å². The molecule has 0 aliphatic heterocycles. The number of benzene rings is 2. The Hall–Kier alpha value is -3.85. The van der Waals surface area contributed by atoms with Crippen molar-refractivity contribution in [3.05, 3.63) is 91.0 Å². The van der Waals surface area contributed by atoms with E-state index < -0.39 is 16.8 Å². The van der Waals surface area contributed by atoms with Crippen LogP contribution in [0.1, 0.15) is 43.6 Å². The van der Waals surface area contributed by atoms with Crippen LogP contribution in [0, 0.1) is 12.3 Å². The number of nitrogens with one attached hydrogen (secondary N) is 1. The topological polar surface area (TPSA) is 112 Å². The number of ether oxygens (including phenoxy) is 1. The molecule has 4 aromatic rings. The third kappa shape index (κ3) is 4.86. The van der Waals surface area contributed by atoms with E-state index in [1.807, 2.05) is 38.1 Å². The summed E-state index contributed by atoms with van der Waals surface area (Å²) in [6.07, 6.45) is 1.89. The van der Waals surface area contributed by atoms with Gasteiger partial charge in [-0.15, -0.1) is 0 Å². The van der Waals surface area contributed by atoms with Gasteiger partial charge in [0.05, 0.1) is 24.3 Å². The number of rotatable bonds is 8. The van der Waals surface area contributed by atoms with Crippen LogP contribution in [0.3, 0.4) is 0 Å². The molecule has 0 saturated heterocycles. The zero-order chi connectivity index (χ0) is 27.0. The molecule has 0 amide bonds. The van der Waals surface area contributed by atoms with Crippen LogP contribution in [0.2, 0.25) is 5.02 Å². The molecule has 198 valence electrons. The van der Waals surface area contributed by atoms with Crippen LogP contribution in [-0.4, -0.2) is 26.7 Å². The molecule has 38 heavy (non-hydrogen) atoms. The van der Waals surface area contributed by atoms with Crippen LogP contribution in [0.15, 0.2) is 61.5 Å². The molecule has 1 saturated carbocycles. The number of aromatic amines is 1. The maximum absolute atomic E-state index is 13.7. The quantitative estimate of drug-likeness (QED) is 0.339. The lowest BCUT2D eigenvalue weighted by Crippen LogP contribution is -2.51. The van der Waals surface area contributed by atoms with Crippen molar-refractivity contribution < 1.29 is 13.9 Å². The first kappa shape index (κ1) is 25.8. The minimum atomic E-state index is -0.857. The number of aryl methyl sites for hydroxylation is 2. The second kappa shape index (κ2) is 10.1. The number of furan rings is 1. The van der Waals surface area contributed by atoms with Gasteiger partial charge in [0.1, 0.15) is 11.3 Å². The molecular formula is C28H29ClN4O5. The van der Waals surface area contributed by atoms with Crippen molar-refractivity contribution in [3.63, 3.8) is 0 Å². The summed E-state index contributed by atoms with van der Waals surface area (Å²) in [5.74, 6) is 0.515. The molecule has 1 aliphatic carbocycles. The highest BCUT2D eigenvalue weighted by Gasteiger charge is 2.52. The SMILES string of the molecule is CCOC(=O)C1(Cn2c(=O)[nH]/c(=N\c3ccc4oc(CC)c(C)c4c3)n(Cc3ccc(Cl)cc3)c2=O)CC1. The average Bonchev–Trinajstić information content (AvgIpc) is 3.63. The zero-order valence-electron chi connectivity index (χ0n) is 21.5. The third-order valence-corrected chi connectivity index (χ3v) is 7.28. The molecule has 2 aromatic carbocycles. The van der Waals surface area contributed by atoms with E-state index in [-0.39, 0.29) is 31.3 Å². The van der Waals surface area contributed by atoms with Crippen LogP contribution in [0.25, 0.3) is 11.0 Å². The van der Waals surface area contributed by atoms with Gasteiger partial charge in [-0.05, 0) is 68.1 Å². The Bertz CT molecular complexity index is 1700. The van der Waals surface area contributed by atoms with Crippen molar-refractivity contribution in [2.24, 2.45) is 10.4 Å². The normalized spacial score (nSPS) is 14.7. The molecule has 0 atom stereocenters. The molecule has 0 bridgehead atoms. The van der Waals surface area contributed by atoms with Crippen LogP contribution < -0.4 is 17.0 Å². The van der Waals surface area contributed by atoms with Gasteiger partial charge in [-0.2, -0.15) is 0 Å². The molecule has 1 N–H and O–H groups in total. The summed E-state index contributed by atoms with van der Waals surface area (Å²) in [5, 5.41) is 1.50. The molecule has 5 rings (SSSR count). The fourth-order valence-electron chi connectivity index (χ4n) is 4.65. The summed E-state index contributed by atoms with van der Waals surface area (Å²) in [6, 6.07) is 12.6. The van der Waals surface area contributed by atoms with Crippen molar-refractivity contribution >= 4 is 34.2 Å². The summed E-state index contributed by atoms with van der Waals surface area (Å²) >= 11 is 6.05. The Balaban J connectivity index is 1.64. The lowest BCUT2D eigenvalue weighted by atomic mass is 10.1. The minimum absolute atomic E-state index is 0.0547. The molecular weight excluding hydrogens is 508 g/mol. The van der Waals surface area contributed by atoms with Gasteiger partial charge < -0.3 is 9.15 Å². The second-order valence-electron chi connectivity index (χ2n) is 9.63. The average molecular weight is 537 g/mol. The van der Waals surface area contributed by atoms with Crippen LogP contribution in [0.5, 0.6) is 0 Å². The van der Waals surface area contributed by atoms with E-state index in [9.17, 15) is 14.4 Å². The Morgan fingerprint density at radius 3 is 2.53 bits per heavy atom. The Morgan fingerprint density at radius 2 is 1.87 bits per heavy atom. The van der Waals surface area contributed by atoms with E-state index in [0.29, 0.717) is 23.6 Å². The van der Waals surface area contributed by atoms with Gasteiger partial charge >= 0.3 is 17.3 Å². The highest BCUT2D eigenvalue weighted by molar-refractivity contribution is 6.30. The Labute approximate surface area is 223 Å². The number of H-pyrrole nitrogens is 1. The first-order valence-electron chi connectivity index (χ1n) is 12.7. The molecule has 0 unspecified atom stereocenters. The number of hydrogen-bond acceptors (Lipinski definition) is 6. The van der Waals surface area contributed by atoms with Gasteiger partial charge in [0.25, 0.3) is 0 Å². The summed E-state index contributed by atoms with van der Waals surface area (Å²) in [4.78, 5) is 46.8. The molecule has 1 fully saturated rings. The largest absolute Gasteiger partial charge is 0.466 e. The van der Waals surface area contributed by atoms with Gasteiger partial charge in [0, 0.05) is 23.4 Å². The predicted octanol–water partition coefficient (Wildman–Crippen LogP) is 4.23. The standard InChI is InChI=1S/C28H29ClN4O5/c1-4-22-17(3)21-14-20(10-11-23(21)38-22)30-25-31-26(35)33(16-28(12-13-28)24(34)37-5-2)27(36)32(25)15-18-6-8-19(29)9-7-18/h6-11,14H,4-5,12-13,15-16H2,1-3H3,(H,30,31,35). The number of esters is 1. The zero-order valence-corrected chi connectivity index (χ0v) is 22.3. The van der Waals surface area contributed by atoms with Gasteiger partial charge in [-0.25, -0.2) is 19.1 Å². The molecule has 0 spiro atoms. The van der Waals surface area contributed by atoms with Crippen LogP contribution in [-0.2, 0) is 29.0 Å².